The molecule has 1 aromatic carbocycles. The van der Waals surface area contributed by atoms with Crippen LogP contribution in [0.25, 0.3) is 11.1 Å². The maximum atomic E-state index is 13.4. The van der Waals surface area contributed by atoms with Crippen LogP contribution in [0.2, 0.25) is 0 Å². The molecule has 0 spiro atoms. The molecular formula is C14H15FN2O. The third-order valence-electron chi connectivity index (χ3n) is 2.84. The molecule has 0 aliphatic heterocycles. The van der Waals surface area contributed by atoms with Gasteiger partial charge in [0.05, 0.1) is 5.69 Å². The molecule has 3 nitrogen and oxygen atoms in total. The van der Waals surface area contributed by atoms with Gasteiger partial charge in [0.15, 0.2) is 6.29 Å². The largest absolute Gasteiger partial charge is 0.298 e. The van der Waals surface area contributed by atoms with Gasteiger partial charge in [0.1, 0.15) is 5.82 Å². The summed E-state index contributed by atoms with van der Waals surface area (Å²) in [5.74, 6) is -0.141. The number of hydrogen-bond donors (Lipinski definition) is 0. The molecule has 94 valence electrons. The second-order valence-corrected chi connectivity index (χ2v) is 4.61. The highest BCUT2D eigenvalue weighted by molar-refractivity contribution is 5.88. The zero-order valence-corrected chi connectivity index (χ0v) is 10.6. The molecule has 0 bridgehead atoms. The van der Waals surface area contributed by atoms with E-state index in [0.29, 0.717) is 11.1 Å². The van der Waals surface area contributed by atoms with Crippen molar-refractivity contribution in [1.29, 1.82) is 0 Å². The van der Waals surface area contributed by atoms with Crippen molar-refractivity contribution in [3.05, 3.63) is 41.5 Å². The van der Waals surface area contributed by atoms with Crippen LogP contribution in [0, 0.1) is 5.82 Å². The van der Waals surface area contributed by atoms with E-state index < -0.39 is 0 Å². The number of aldehydes is 1. The summed E-state index contributed by atoms with van der Waals surface area (Å²) < 4.78 is 15.1. The predicted molar refractivity (Wildman–Crippen MR) is 68.1 cm³/mol. The summed E-state index contributed by atoms with van der Waals surface area (Å²) in [5, 5.41) is 4.37. The van der Waals surface area contributed by atoms with Crippen LogP contribution in [-0.2, 0) is 7.05 Å². The minimum absolute atomic E-state index is 0.212. The Bertz CT molecular complexity index is 587. The number of rotatable bonds is 3. The number of carbonyl (C=O) groups is 1. The Balaban J connectivity index is 2.67. The second-order valence-electron chi connectivity index (χ2n) is 4.61. The van der Waals surface area contributed by atoms with Crippen LogP contribution in [0.3, 0.4) is 0 Å². The first kappa shape index (κ1) is 12.5. The topological polar surface area (TPSA) is 34.9 Å². The van der Waals surface area contributed by atoms with Gasteiger partial charge in [0.25, 0.3) is 0 Å². The maximum absolute atomic E-state index is 13.4. The van der Waals surface area contributed by atoms with Crippen molar-refractivity contribution in [2.75, 3.05) is 0 Å². The molecule has 4 heteroatoms. The minimum Gasteiger partial charge on any atom is -0.298 e. The van der Waals surface area contributed by atoms with Crippen molar-refractivity contribution in [1.82, 2.24) is 9.78 Å². The summed E-state index contributed by atoms with van der Waals surface area (Å²) in [6.07, 6.45) is 2.56. The monoisotopic (exact) mass is 246 g/mol. The molecule has 2 aromatic rings. The molecule has 0 N–H and O–H groups in total. The number of benzene rings is 1. The van der Waals surface area contributed by atoms with Gasteiger partial charge in [0, 0.05) is 24.4 Å². The van der Waals surface area contributed by atoms with Gasteiger partial charge in [-0.25, -0.2) is 4.39 Å². The quantitative estimate of drug-likeness (QED) is 0.780. The lowest BCUT2D eigenvalue weighted by molar-refractivity contribution is 0.112. The second kappa shape index (κ2) is 4.72. The Morgan fingerprint density at radius 1 is 1.33 bits per heavy atom. The molecular weight excluding hydrogens is 231 g/mol. The molecule has 2 rings (SSSR count). The lowest BCUT2D eigenvalue weighted by Gasteiger charge is -2.07. The van der Waals surface area contributed by atoms with Gasteiger partial charge in [-0.1, -0.05) is 13.8 Å². The molecule has 1 heterocycles. The van der Waals surface area contributed by atoms with Crippen molar-refractivity contribution < 1.29 is 9.18 Å². The third-order valence-corrected chi connectivity index (χ3v) is 2.84. The van der Waals surface area contributed by atoms with Crippen molar-refractivity contribution in [3.8, 4) is 11.1 Å². The first-order chi connectivity index (χ1) is 8.52. The standard InChI is InChI=1S/C14H15FN2O/c1-9(2)14-13(7-17(3)16-14)12-6-11(15)5-4-10(12)8-18/h4-9H,1-3H3. The van der Waals surface area contributed by atoms with E-state index in [0.717, 1.165) is 17.5 Å². The average Bonchev–Trinajstić information content (AvgIpc) is 2.71. The minimum atomic E-state index is -0.353. The van der Waals surface area contributed by atoms with E-state index in [1.807, 2.05) is 27.1 Å². The number of aromatic nitrogens is 2. The lowest BCUT2D eigenvalue weighted by atomic mass is 9.96. The van der Waals surface area contributed by atoms with E-state index in [2.05, 4.69) is 5.10 Å². The van der Waals surface area contributed by atoms with Gasteiger partial charge in [-0.05, 0) is 29.7 Å². The summed E-state index contributed by atoms with van der Waals surface area (Å²) in [7, 11) is 1.81. The Hall–Kier alpha value is -1.97. The Labute approximate surface area is 105 Å². The van der Waals surface area contributed by atoms with Crippen LogP contribution in [0.4, 0.5) is 4.39 Å². The summed E-state index contributed by atoms with van der Waals surface area (Å²) in [5.41, 5.74) is 2.76. The SMILES string of the molecule is CC(C)c1nn(C)cc1-c1cc(F)ccc1C=O. The lowest BCUT2D eigenvalue weighted by Crippen LogP contribution is -1.95. The predicted octanol–water partition coefficient (Wildman–Crippen LogP) is 3.16. The van der Waals surface area contributed by atoms with Crippen LogP contribution in [0.15, 0.2) is 24.4 Å². The molecule has 0 unspecified atom stereocenters. The van der Waals surface area contributed by atoms with E-state index in [4.69, 9.17) is 0 Å². The smallest absolute Gasteiger partial charge is 0.150 e. The van der Waals surface area contributed by atoms with E-state index in [-0.39, 0.29) is 11.7 Å². The highest BCUT2D eigenvalue weighted by Gasteiger charge is 2.16. The van der Waals surface area contributed by atoms with Crippen LogP contribution >= 0.6 is 0 Å². The van der Waals surface area contributed by atoms with E-state index in [9.17, 15) is 9.18 Å². The summed E-state index contributed by atoms with van der Waals surface area (Å²) in [6.45, 7) is 4.04. The summed E-state index contributed by atoms with van der Waals surface area (Å²) >= 11 is 0. The van der Waals surface area contributed by atoms with Crippen LogP contribution in [-0.4, -0.2) is 16.1 Å². The number of hydrogen-bond acceptors (Lipinski definition) is 2. The molecule has 0 saturated carbocycles. The molecule has 18 heavy (non-hydrogen) atoms. The highest BCUT2D eigenvalue weighted by Crippen LogP contribution is 2.30. The summed E-state index contributed by atoms with van der Waals surface area (Å²) in [6, 6.07) is 4.17. The normalized spacial score (nSPS) is 10.9. The van der Waals surface area contributed by atoms with Crippen molar-refractivity contribution >= 4 is 6.29 Å². The molecule has 0 aliphatic rings. The first-order valence-corrected chi connectivity index (χ1v) is 5.81. The molecule has 0 aliphatic carbocycles. The molecule has 0 fully saturated rings. The number of aryl methyl sites for hydroxylation is 1. The van der Waals surface area contributed by atoms with E-state index in [1.54, 1.807) is 4.68 Å². The molecule has 0 saturated heterocycles. The number of carbonyl (C=O) groups excluding carboxylic acids is 1. The van der Waals surface area contributed by atoms with E-state index in [1.165, 1.54) is 18.2 Å². The fraction of sp³-hybridized carbons (Fsp3) is 0.286. The fourth-order valence-corrected chi connectivity index (χ4v) is 2.00. The van der Waals surface area contributed by atoms with Gasteiger partial charge in [-0.15, -0.1) is 0 Å². The first-order valence-electron chi connectivity index (χ1n) is 5.81. The van der Waals surface area contributed by atoms with Crippen LogP contribution in [0.1, 0.15) is 35.8 Å². The number of halogens is 1. The molecule has 0 amide bonds. The van der Waals surface area contributed by atoms with Gasteiger partial charge in [0.2, 0.25) is 0 Å². The van der Waals surface area contributed by atoms with Crippen molar-refractivity contribution in [3.63, 3.8) is 0 Å². The molecule has 0 atom stereocenters. The Kier molecular flexibility index (Phi) is 3.28. The average molecular weight is 246 g/mol. The zero-order chi connectivity index (χ0) is 13.3. The molecule has 1 aromatic heterocycles. The van der Waals surface area contributed by atoms with E-state index >= 15 is 0 Å². The fourth-order valence-electron chi connectivity index (χ4n) is 2.00. The zero-order valence-electron chi connectivity index (χ0n) is 10.6. The van der Waals surface area contributed by atoms with Crippen LogP contribution in [0.5, 0.6) is 0 Å². The van der Waals surface area contributed by atoms with Crippen LogP contribution < -0.4 is 0 Å². The van der Waals surface area contributed by atoms with Crippen molar-refractivity contribution in [2.24, 2.45) is 7.05 Å². The van der Waals surface area contributed by atoms with Gasteiger partial charge < -0.3 is 0 Å². The summed E-state index contributed by atoms with van der Waals surface area (Å²) in [4.78, 5) is 11.1. The highest BCUT2D eigenvalue weighted by atomic mass is 19.1. The van der Waals surface area contributed by atoms with Crippen molar-refractivity contribution in [2.45, 2.75) is 19.8 Å². The Morgan fingerprint density at radius 2 is 2.06 bits per heavy atom. The third kappa shape index (κ3) is 2.18. The van der Waals surface area contributed by atoms with Gasteiger partial charge in [-0.2, -0.15) is 5.10 Å². The molecule has 0 radical (unpaired) electrons. The Morgan fingerprint density at radius 3 is 2.67 bits per heavy atom. The number of nitrogens with zero attached hydrogens (tertiary/aromatic N) is 2. The van der Waals surface area contributed by atoms with Gasteiger partial charge >= 0.3 is 0 Å². The maximum Gasteiger partial charge on any atom is 0.150 e. The van der Waals surface area contributed by atoms with Gasteiger partial charge in [-0.3, -0.25) is 9.48 Å².